The van der Waals surface area contributed by atoms with Crippen LogP contribution in [0.15, 0.2) is 18.2 Å². The first-order chi connectivity index (χ1) is 8.99. The Morgan fingerprint density at radius 1 is 1.47 bits per heavy atom. The van der Waals surface area contributed by atoms with Gasteiger partial charge >= 0.3 is 5.97 Å². The van der Waals surface area contributed by atoms with E-state index in [4.69, 9.17) is 5.11 Å². The lowest BCUT2D eigenvalue weighted by Crippen LogP contribution is -2.32. The maximum atomic E-state index is 13.5. The van der Waals surface area contributed by atoms with Crippen molar-refractivity contribution in [3.63, 3.8) is 0 Å². The van der Waals surface area contributed by atoms with E-state index in [0.29, 0.717) is 0 Å². The number of nitrogens with one attached hydrogen (secondary N) is 2. The van der Waals surface area contributed by atoms with Crippen LogP contribution in [-0.4, -0.2) is 29.6 Å². The maximum absolute atomic E-state index is 13.5. The number of amides is 1. The van der Waals surface area contributed by atoms with Crippen molar-refractivity contribution in [3.05, 3.63) is 29.6 Å². The minimum atomic E-state index is -1.33. The molecule has 1 aromatic carbocycles. The third-order valence-corrected chi connectivity index (χ3v) is 3.33. The predicted octanol–water partition coefficient (Wildman–Crippen LogP) is 1.46. The van der Waals surface area contributed by atoms with Gasteiger partial charge in [0.25, 0.3) is 0 Å². The van der Waals surface area contributed by atoms with Crippen molar-refractivity contribution >= 4 is 17.6 Å². The van der Waals surface area contributed by atoms with Crippen LogP contribution in [0.2, 0.25) is 0 Å². The minimum Gasteiger partial charge on any atom is -0.478 e. The summed E-state index contributed by atoms with van der Waals surface area (Å²) >= 11 is 0. The van der Waals surface area contributed by atoms with Crippen molar-refractivity contribution in [2.24, 2.45) is 5.92 Å². The number of hydrogen-bond donors (Lipinski definition) is 3. The van der Waals surface area contributed by atoms with Crippen LogP contribution in [0.1, 0.15) is 23.7 Å². The first-order valence-electron chi connectivity index (χ1n) is 6.06. The van der Waals surface area contributed by atoms with Gasteiger partial charge in [0, 0.05) is 11.7 Å². The molecule has 3 N–H and O–H groups in total. The molecule has 0 radical (unpaired) electrons. The predicted molar refractivity (Wildman–Crippen MR) is 67.6 cm³/mol. The van der Waals surface area contributed by atoms with E-state index < -0.39 is 17.3 Å². The van der Waals surface area contributed by atoms with Gasteiger partial charge < -0.3 is 15.7 Å². The molecule has 5 nitrogen and oxygen atoms in total. The van der Waals surface area contributed by atoms with Gasteiger partial charge in [-0.05, 0) is 38.1 Å². The molecule has 1 saturated heterocycles. The molecule has 6 heteroatoms. The van der Waals surface area contributed by atoms with Gasteiger partial charge in [0.15, 0.2) is 0 Å². The van der Waals surface area contributed by atoms with Crippen molar-refractivity contribution < 1.29 is 19.1 Å². The van der Waals surface area contributed by atoms with Crippen LogP contribution in [0.3, 0.4) is 0 Å². The van der Waals surface area contributed by atoms with E-state index in [0.717, 1.165) is 25.1 Å². The van der Waals surface area contributed by atoms with Gasteiger partial charge in [-0.25, -0.2) is 9.18 Å². The van der Waals surface area contributed by atoms with Gasteiger partial charge in [-0.3, -0.25) is 4.79 Å². The van der Waals surface area contributed by atoms with Gasteiger partial charge in [-0.2, -0.15) is 0 Å². The number of rotatable bonds is 3. The Bertz CT molecular complexity index is 519. The van der Waals surface area contributed by atoms with Crippen LogP contribution in [0, 0.1) is 11.7 Å². The number of carboxylic acids is 1. The number of hydrogen-bond acceptors (Lipinski definition) is 3. The van der Waals surface area contributed by atoms with Crippen molar-refractivity contribution in [1.29, 1.82) is 0 Å². The zero-order chi connectivity index (χ0) is 14.0. The first-order valence-corrected chi connectivity index (χ1v) is 6.06. The fraction of sp³-hybridized carbons (Fsp3) is 0.385. The monoisotopic (exact) mass is 266 g/mol. The summed E-state index contributed by atoms with van der Waals surface area (Å²) in [7, 11) is 0. The third kappa shape index (κ3) is 2.90. The molecule has 2 rings (SSSR count). The molecule has 1 amide bonds. The van der Waals surface area contributed by atoms with Gasteiger partial charge in [-0.1, -0.05) is 0 Å². The molecule has 1 heterocycles. The molecule has 1 fully saturated rings. The van der Waals surface area contributed by atoms with Gasteiger partial charge in [-0.15, -0.1) is 0 Å². The lowest BCUT2D eigenvalue weighted by atomic mass is 10.0. The highest BCUT2D eigenvalue weighted by Crippen LogP contribution is 2.19. The molecule has 0 saturated carbocycles. The van der Waals surface area contributed by atoms with E-state index in [1.54, 1.807) is 0 Å². The molecule has 0 spiro atoms. The molecule has 1 aromatic rings. The van der Waals surface area contributed by atoms with Crippen LogP contribution in [-0.2, 0) is 4.79 Å². The van der Waals surface area contributed by atoms with E-state index in [9.17, 15) is 14.0 Å². The van der Waals surface area contributed by atoms with Gasteiger partial charge in [0.05, 0.1) is 11.5 Å². The lowest BCUT2D eigenvalue weighted by Gasteiger charge is -2.15. The Balaban J connectivity index is 2.09. The van der Waals surface area contributed by atoms with Crippen LogP contribution in [0.4, 0.5) is 10.1 Å². The smallest absolute Gasteiger partial charge is 0.338 e. The zero-order valence-corrected chi connectivity index (χ0v) is 10.4. The van der Waals surface area contributed by atoms with Gasteiger partial charge in [0.1, 0.15) is 5.82 Å². The Hall–Kier alpha value is -1.95. The number of anilines is 1. The second-order valence-electron chi connectivity index (χ2n) is 4.63. The number of halogens is 1. The number of carbonyl (C=O) groups excluding carboxylic acids is 1. The normalized spacial score (nSPS) is 22.2. The molecule has 102 valence electrons. The van der Waals surface area contributed by atoms with Crippen LogP contribution >= 0.6 is 0 Å². The van der Waals surface area contributed by atoms with Crippen LogP contribution in [0.25, 0.3) is 0 Å². The lowest BCUT2D eigenvalue weighted by molar-refractivity contribution is -0.120. The number of aromatic carboxylic acids is 1. The van der Waals surface area contributed by atoms with Crippen molar-refractivity contribution in [1.82, 2.24) is 5.32 Å². The van der Waals surface area contributed by atoms with Crippen molar-refractivity contribution in [2.45, 2.75) is 19.4 Å². The SMILES string of the molecule is CC1NCCC1C(=O)Nc1ccc(C(=O)O)c(F)c1. The second-order valence-corrected chi connectivity index (χ2v) is 4.63. The quantitative estimate of drug-likeness (QED) is 0.774. The third-order valence-electron chi connectivity index (χ3n) is 3.33. The largest absolute Gasteiger partial charge is 0.478 e. The molecule has 1 aliphatic heterocycles. The standard InChI is InChI=1S/C13H15FN2O3/c1-7-9(4-5-15-7)12(17)16-8-2-3-10(13(18)19)11(14)6-8/h2-3,6-7,9,15H,4-5H2,1H3,(H,16,17)(H,18,19). The molecule has 0 aliphatic carbocycles. The first kappa shape index (κ1) is 13.5. The second kappa shape index (κ2) is 5.36. The topological polar surface area (TPSA) is 78.4 Å². The molecule has 0 bridgehead atoms. The summed E-state index contributed by atoms with van der Waals surface area (Å²) in [6, 6.07) is 3.64. The molecule has 2 atom stereocenters. The van der Waals surface area contributed by atoms with E-state index in [1.165, 1.54) is 6.07 Å². The fourth-order valence-corrected chi connectivity index (χ4v) is 2.22. The molecule has 0 aromatic heterocycles. The van der Waals surface area contributed by atoms with Crippen molar-refractivity contribution in [3.8, 4) is 0 Å². The Kier molecular flexibility index (Phi) is 3.80. The maximum Gasteiger partial charge on any atom is 0.338 e. The zero-order valence-electron chi connectivity index (χ0n) is 10.4. The van der Waals surface area contributed by atoms with E-state index in [1.807, 2.05) is 6.92 Å². The summed E-state index contributed by atoms with van der Waals surface area (Å²) in [4.78, 5) is 22.6. The summed E-state index contributed by atoms with van der Waals surface area (Å²) in [5.41, 5.74) is -0.138. The highest BCUT2D eigenvalue weighted by Gasteiger charge is 2.29. The average molecular weight is 266 g/mol. The molecule has 19 heavy (non-hydrogen) atoms. The molecule has 2 unspecified atom stereocenters. The summed E-state index contributed by atoms with van der Waals surface area (Å²) in [5.74, 6) is -2.52. The van der Waals surface area contributed by atoms with E-state index in [2.05, 4.69) is 10.6 Å². The Morgan fingerprint density at radius 3 is 2.74 bits per heavy atom. The summed E-state index contributed by atoms with van der Waals surface area (Å²) in [6.45, 7) is 2.71. The van der Waals surface area contributed by atoms with Crippen LogP contribution in [0.5, 0.6) is 0 Å². The summed E-state index contributed by atoms with van der Waals surface area (Å²) in [5, 5.41) is 14.5. The highest BCUT2D eigenvalue weighted by molar-refractivity contribution is 5.94. The molecular weight excluding hydrogens is 251 g/mol. The fourth-order valence-electron chi connectivity index (χ4n) is 2.22. The minimum absolute atomic E-state index is 0.0862. The highest BCUT2D eigenvalue weighted by atomic mass is 19.1. The average Bonchev–Trinajstić information content (AvgIpc) is 2.75. The Labute approximate surface area is 109 Å². The Morgan fingerprint density at radius 2 is 2.21 bits per heavy atom. The van der Waals surface area contributed by atoms with Crippen molar-refractivity contribution in [2.75, 3.05) is 11.9 Å². The van der Waals surface area contributed by atoms with E-state index >= 15 is 0 Å². The van der Waals surface area contributed by atoms with Gasteiger partial charge in [0.2, 0.25) is 5.91 Å². The van der Waals surface area contributed by atoms with E-state index in [-0.39, 0.29) is 23.6 Å². The summed E-state index contributed by atoms with van der Waals surface area (Å²) < 4.78 is 13.5. The van der Waals surface area contributed by atoms with Crippen LogP contribution < -0.4 is 10.6 Å². The number of benzene rings is 1. The molecular formula is C13H15FN2O3. The number of carboxylic acid groups (broad SMARTS) is 1. The summed E-state index contributed by atoms with van der Waals surface area (Å²) in [6.07, 6.45) is 0.739. The molecule has 1 aliphatic rings. The number of carbonyl (C=O) groups is 2.